The predicted octanol–water partition coefficient (Wildman–Crippen LogP) is 1.72. The van der Waals surface area contributed by atoms with Gasteiger partial charge in [-0.05, 0) is 48.9 Å². The number of aryl methyl sites for hydroxylation is 1. The van der Waals surface area contributed by atoms with E-state index in [1.54, 1.807) is 43.3 Å². The van der Waals surface area contributed by atoms with Crippen molar-refractivity contribution < 1.29 is 19.2 Å². The molecular weight excluding hydrogens is 428 g/mol. The Balaban J connectivity index is 1.51. The highest BCUT2D eigenvalue weighted by atomic mass is 16.2. The van der Waals surface area contributed by atoms with Crippen LogP contribution in [-0.4, -0.2) is 33.8 Å². The summed E-state index contributed by atoms with van der Waals surface area (Å²) in [4.78, 5) is 55.8. The standard InChI is InChI=1S/C21H20N8O4/c1-13-8-9-14(24-20(32)28-26-18(30)15-6-2-4-10-22-15)12-17(13)25-21(33)29-27-19(31)16-7-3-5-11-23-16/h2-12H,1H3,(H,26,30)(H,27,31)(H2,24,28,32)(H2,25,29,33). The second-order valence-corrected chi connectivity index (χ2v) is 6.53. The van der Waals surface area contributed by atoms with Crippen LogP contribution in [0.5, 0.6) is 0 Å². The topological polar surface area (TPSA) is 166 Å². The van der Waals surface area contributed by atoms with Gasteiger partial charge in [0, 0.05) is 23.8 Å². The van der Waals surface area contributed by atoms with Gasteiger partial charge in [0.25, 0.3) is 11.8 Å². The number of pyridine rings is 2. The van der Waals surface area contributed by atoms with E-state index in [-0.39, 0.29) is 11.4 Å². The largest absolute Gasteiger partial charge is 0.337 e. The van der Waals surface area contributed by atoms with Crippen LogP contribution in [0.25, 0.3) is 0 Å². The first-order valence-electron chi connectivity index (χ1n) is 9.60. The van der Waals surface area contributed by atoms with E-state index in [0.29, 0.717) is 16.9 Å². The van der Waals surface area contributed by atoms with E-state index in [9.17, 15) is 19.2 Å². The zero-order valence-corrected chi connectivity index (χ0v) is 17.4. The Hall–Kier alpha value is -5.00. The second kappa shape index (κ2) is 10.9. The van der Waals surface area contributed by atoms with E-state index in [4.69, 9.17) is 0 Å². The van der Waals surface area contributed by atoms with Gasteiger partial charge in [-0.25, -0.2) is 20.4 Å². The quantitative estimate of drug-likeness (QED) is 0.332. The van der Waals surface area contributed by atoms with Crippen LogP contribution in [0.4, 0.5) is 21.0 Å². The number of aromatic nitrogens is 2. The lowest BCUT2D eigenvalue weighted by molar-refractivity contribution is 0.0926. The van der Waals surface area contributed by atoms with Crippen LogP contribution in [0.2, 0.25) is 0 Å². The summed E-state index contributed by atoms with van der Waals surface area (Å²) in [5.41, 5.74) is 10.6. The summed E-state index contributed by atoms with van der Waals surface area (Å²) in [5.74, 6) is -1.16. The molecule has 33 heavy (non-hydrogen) atoms. The predicted molar refractivity (Wildman–Crippen MR) is 119 cm³/mol. The van der Waals surface area contributed by atoms with Gasteiger partial charge in [-0.2, -0.15) is 0 Å². The molecule has 6 amide bonds. The molecule has 3 rings (SSSR count). The van der Waals surface area contributed by atoms with Crippen molar-refractivity contribution in [2.45, 2.75) is 6.92 Å². The van der Waals surface area contributed by atoms with E-state index in [1.165, 1.54) is 30.6 Å². The zero-order valence-electron chi connectivity index (χ0n) is 17.4. The molecule has 6 N–H and O–H groups in total. The minimum atomic E-state index is -0.707. The van der Waals surface area contributed by atoms with Crippen molar-refractivity contribution >= 4 is 35.3 Å². The number of rotatable bonds is 4. The zero-order chi connectivity index (χ0) is 23.6. The molecule has 0 saturated heterocycles. The van der Waals surface area contributed by atoms with Crippen LogP contribution in [-0.2, 0) is 0 Å². The van der Waals surface area contributed by atoms with Crippen LogP contribution in [0, 0.1) is 6.92 Å². The average Bonchev–Trinajstić information content (AvgIpc) is 2.84. The Bertz CT molecular complexity index is 1160. The molecular formula is C21H20N8O4. The Labute approximate surface area is 188 Å². The summed E-state index contributed by atoms with van der Waals surface area (Å²) >= 11 is 0. The van der Waals surface area contributed by atoms with E-state index in [0.717, 1.165) is 0 Å². The molecule has 0 aliphatic carbocycles. The maximum Gasteiger partial charge on any atom is 0.337 e. The van der Waals surface area contributed by atoms with Crippen molar-refractivity contribution in [3.05, 3.63) is 83.9 Å². The number of amides is 6. The molecule has 0 aliphatic rings. The third-order valence-electron chi connectivity index (χ3n) is 4.12. The number of carbonyl (C=O) groups excluding carboxylic acids is 4. The van der Waals surface area contributed by atoms with Crippen LogP contribution in [0.3, 0.4) is 0 Å². The molecule has 0 aliphatic heterocycles. The molecule has 12 heteroatoms. The Morgan fingerprint density at radius 3 is 1.73 bits per heavy atom. The number of hydrogen-bond donors (Lipinski definition) is 6. The number of urea groups is 2. The molecule has 0 bridgehead atoms. The summed E-state index contributed by atoms with van der Waals surface area (Å²) in [5, 5.41) is 5.09. The van der Waals surface area contributed by atoms with Gasteiger partial charge in [0.1, 0.15) is 11.4 Å². The first kappa shape index (κ1) is 22.7. The summed E-state index contributed by atoms with van der Waals surface area (Å²) in [6.07, 6.45) is 2.91. The molecule has 12 nitrogen and oxygen atoms in total. The molecule has 3 aromatic rings. The number of hydrazine groups is 2. The van der Waals surface area contributed by atoms with Gasteiger partial charge in [0.05, 0.1) is 0 Å². The van der Waals surface area contributed by atoms with E-state index < -0.39 is 23.9 Å². The maximum absolute atomic E-state index is 12.1. The lowest BCUT2D eigenvalue weighted by atomic mass is 10.2. The fourth-order valence-electron chi connectivity index (χ4n) is 2.50. The molecule has 1 aromatic carbocycles. The molecule has 0 unspecified atom stereocenters. The van der Waals surface area contributed by atoms with E-state index in [2.05, 4.69) is 42.3 Å². The fourth-order valence-corrected chi connectivity index (χ4v) is 2.50. The highest BCUT2D eigenvalue weighted by Crippen LogP contribution is 2.20. The molecule has 0 atom stereocenters. The van der Waals surface area contributed by atoms with Crippen molar-refractivity contribution in [3.8, 4) is 0 Å². The normalized spacial score (nSPS) is 9.85. The van der Waals surface area contributed by atoms with Crippen LogP contribution in [0.1, 0.15) is 26.5 Å². The van der Waals surface area contributed by atoms with Gasteiger partial charge in [-0.3, -0.25) is 30.4 Å². The lowest BCUT2D eigenvalue weighted by Gasteiger charge is -2.13. The number of nitrogens with one attached hydrogen (secondary N) is 6. The Morgan fingerprint density at radius 1 is 0.667 bits per heavy atom. The molecule has 168 valence electrons. The van der Waals surface area contributed by atoms with E-state index >= 15 is 0 Å². The smallest absolute Gasteiger partial charge is 0.307 e. The Kier molecular flexibility index (Phi) is 7.46. The van der Waals surface area contributed by atoms with Gasteiger partial charge >= 0.3 is 12.1 Å². The van der Waals surface area contributed by atoms with Crippen molar-refractivity contribution in [3.63, 3.8) is 0 Å². The molecule has 0 radical (unpaired) electrons. The van der Waals surface area contributed by atoms with Crippen LogP contribution < -0.4 is 32.3 Å². The summed E-state index contributed by atoms with van der Waals surface area (Å²) < 4.78 is 0. The number of hydrogen-bond acceptors (Lipinski definition) is 6. The van der Waals surface area contributed by atoms with Crippen molar-refractivity contribution in [1.29, 1.82) is 0 Å². The molecule has 2 heterocycles. The minimum Gasteiger partial charge on any atom is -0.307 e. The van der Waals surface area contributed by atoms with Gasteiger partial charge in [-0.1, -0.05) is 18.2 Å². The molecule has 0 saturated carbocycles. The summed E-state index contributed by atoms with van der Waals surface area (Å²) in [7, 11) is 0. The number of carbonyl (C=O) groups is 4. The van der Waals surface area contributed by atoms with Crippen LogP contribution >= 0.6 is 0 Å². The van der Waals surface area contributed by atoms with Crippen molar-refractivity contribution in [2.75, 3.05) is 10.6 Å². The monoisotopic (exact) mass is 448 g/mol. The third kappa shape index (κ3) is 6.75. The van der Waals surface area contributed by atoms with Crippen molar-refractivity contribution in [1.82, 2.24) is 31.7 Å². The second-order valence-electron chi connectivity index (χ2n) is 6.53. The van der Waals surface area contributed by atoms with Crippen molar-refractivity contribution in [2.24, 2.45) is 0 Å². The average molecular weight is 448 g/mol. The van der Waals surface area contributed by atoms with E-state index in [1.807, 2.05) is 0 Å². The third-order valence-corrected chi connectivity index (χ3v) is 4.12. The lowest BCUT2D eigenvalue weighted by Crippen LogP contribution is -2.44. The summed E-state index contributed by atoms with van der Waals surface area (Å²) in [6.45, 7) is 1.75. The highest BCUT2D eigenvalue weighted by Gasteiger charge is 2.11. The number of nitrogens with zero attached hydrogens (tertiary/aromatic N) is 2. The number of anilines is 2. The van der Waals surface area contributed by atoms with Crippen LogP contribution in [0.15, 0.2) is 67.0 Å². The van der Waals surface area contributed by atoms with Gasteiger partial charge in [-0.15, -0.1) is 0 Å². The molecule has 0 fully saturated rings. The van der Waals surface area contributed by atoms with Gasteiger partial charge < -0.3 is 10.6 Å². The maximum atomic E-state index is 12.1. The van der Waals surface area contributed by atoms with Gasteiger partial charge in [0.15, 0.2) is 0 Å². The molecule has 0 spiro atoms. The first-order valence-corrected chi connectivity index (χ1v) is 9.60. The number of benzene rings is 1. The SMILES string of the molecule is Cc1ccc(NC(=O)NNC(=O)c2ccccn2)cc1NC(=O)NNC(=O)c1ccccn1. The first-order chi connectivity index (χ1) is 15.9. The Morgan fingerprint density at radius 2 is 1.21 bits per heavy atom. The minimum absolute atomic E-state index is 0.140. The fraction of sp³-hybridized carbons (Fsp3) is 0.0476. The highest BCUT2D eigenvalue weighted by molar-refractivity contribution is 5.98. The van der Waals surface area contributed by atoms with Gasteiger partial charge in [0.2, 0.25) is 0 Å². The summed E-state index contributed by atoms with van der Waals surface area (Å²) in [6, 6.07) is 13.0. The molecule has 2 aromatic heterocycles.